The van der Waals surface area contributed by atoms with Crippen LogP contribution in [0.15, 0.2) is 171 Å². The van der Waals surface area contributed by atoms with Crippen LogP contribution in [-0.2, 0) is 39.0 Å². The van der Waals surface area contributed by atoms with Crippen molar-refractivity contribution in [2.45, 2.75) is 190 Å². The molecular weight excluding hydrogens is 1400 g/mol. The van der Waals surface area contributed by atoms with Crippen LogP contribution in [0.2, 0.25) is 0 Å². The number of pyridine rings is 4. The molecule has 4 fully saturated rings. The van der Waals surface area contributed by atoms with E-state index in [1.165, 1.54) is 28.3 Å². The third-order valence-corrected chi connectivity index (χ3v) is 23.6. The molecule has 8 aromatic heterocycles. The van der Waals surface area contributed by atoms with Crippen molar-refractivity contribution in [2.75, 3.05) is 20.1 Å². The van der Waals surface area contributed by atoms with Crippen LogP contribution < -0.4 is 29.6 Å². The van der Waals surface area contributed by atoms with Gasteiger partial charge in [0.2, 0.25) is 0 Å². The van der Waals surface area contributed by atoms with E-state index < -0.39 is 96.7 Å². The van der Waals surface area contributed by atoms with Crippen LogP contribution in [0.5, 0.6) is 23.0 Å². The second-order valence-electron chi connectivity index (χ2n) is 30.4. The Morgan fingerprint density at radius 2 is 0.709 bits per heavy atom. The molecule has 16 atom stereocenters. The van der Waals surface area contributed by atoms with E-state index >= 15 is 0 Å². The number of benzene rings is 4. The highest BCUT2D eigenvalue weighted by molar-refractivity contribution is 5.82. The minimum Gasteiger partial charge on any atom is -0.487 e. The van der Waals surface area contributed by atoms with Gasteiger partial charge in [-0.2, -0.15) is 0 Å². The summed E-state index contributed by atoms with van der Waals surface area (Å²) in [5.74, 6) is 0.166. The third-order valence-electron chi connectivity index (χ3n) is 23.6. The number of hydrogen-bond acceptors (Lipinski definition) is 19. The summed E-state index contributed by atoms with van der Waals surface area (Å²) in [6.45, 7) is 13.3. The molecule has 19 rings (SSSR count). The van der Waals surface area contributed by atoms with Gasteiger partial charge in [0.15, 0.2) is 17.4 Å². The van der Waals surface area contributed by atoms with Crippen LogP contribution in [0.1, 0.15) is 105 Å². The summed E-state index contributed by atoms with van der Waals surface area (Å²) in [6, 6.07) is 36.1. The maximum atomic E-state index is 13.8. The van der Waals surface area contributed by atoms with E-state index in [0.717, 1.165) is 153 Å². The summed E-state index contributed by atoms with van der Waals surface area (Å²) in [5.41, 5.74) is 15.0. The normalized spacial score (nSPS) is 26.9. The first-order chi connectivity index (χ1) is 53.3. The molecule has 12 aromatic rings. The molecule has 3 aliphatic heterocycles. The molecule has 574 valence electrons. The number of aliphatic hydroxyl groups excluding tert-OH is 8. The zero-order chi connectivity index (χ0) is 76.3. The van der Waals surface area contributed by atoms with E-state index in [0.29, 0.717) is 24.9 Å². The summed E-state index contributed by atoms with van der Waals surface area (Å²) in [5, 5.41) is 96.0. The van der Waals surface area contributed by atoms with Gasteiger partial charge >= 0.3 is 0 Å². The van der Waals surface area contributed by atoms with E-state index in [2.05, 4.69) is 67.6 Å². The highest BCUT2D eigenvalue weighted by Crippen LogP contribution is 2.43. The van der Waals surface area contributed by atoms with E-state index in [-0.39, 0.29) is 24.5 Å². The number of fused-ring (bicyclic) bond motifs is 7. The molecule has 7 aliphatic rings. The second-order valence-corrected chi connectivity index (χ2v) is 30.4. The molecule has 4 saturated carbocycles. The van der Waals surface area contributed by atoms with Crippen molar-refractivity contribution in [1.82, 2.24) is 53.7 Å². The number of rotatable bonds is 12. The SMILES string of the molecule is Cc1ccnc2c1ccn2[C@@H]1C[C@H](Oc2c(F)cccc2F)[C@@H](O)[C@H]1O.Cc1ccnc2c1ccn2[C@@H]1C[C@H](Oc2cccc3c2CN(C)CC3)[C@@H](O)[C@H]1O.Cc1ccnc2c1ccn2[C@@H]1C[C@H](Oc2cccc3c2CNC3)[C@@H](O)[C@H]1O.Cc1ccnc2c1ccn2[C@@H]1C[C@H](Oc2cccc3c2CNCC3)[C@@H](O)[C@H]1O. The first kappa shape index (κ1) is 74.4. The summed E-state index contributed by atoms with van der Waals surface area (Å²) in [6.07, 6.45) is 8.12. The fourth-order valence-electron chi connectivity index (χ4n) is 17.3. The Bertz CT molecular complexity index is 5300. The predicted octanol–water partition coefficient (Wildman–Crippen LogP) is 9.35. The Morgan fingerprint density at radius 1 is 0.373 bits per heavy atom. The molecule has 4 aromatic carbocycles. The standard InChI is InChI=1S/C23H27N3O3.C22H25N3O3.C21H23N3O3.C19H18F2N2O3/c1-14-6-9-24-23-16(14)8-11-26(23)18-12-20(22(28)21(18)27)29-19-5-3-4-15-7-10-25(2)13-17(15)19;1-13-5-9-24-22-15(13)7-10-25(22)17-11-19(21(27)20(17)26)28-18-4-2-3-14-6-8-23-12-16(14)18;1-12-5-7-23-21-14(12)6-8-24(21)16-9-18(20(26)19(16)25)27-17-4-2-3-13-10-22-11-15(13)17;1-10-5-7-22-19-11(10)6-8-23(19)14-9-15(17(25)16(14)24)26-18-12(20)3-2-4-13(18)21/h3-6,8-9,11,18,20-22,27-28H,7,10,12-13H2,1-2H3;2-5,7,9-10,17,19-21,23,26-27H,6,8,11-12H2,1H3;2-8,16,18-20,22,25-26H,9-11H2,1H3;2-8,14-17,24-25H,9H2,1H3/t18-,20+,21+,22-;17-,19+,20+,21-;16-,18+,19+,20-;14-,15+,16+,17-/m1111/s1. The highest BCUT2D eigenvalue weighted by atomic mass is 19.1. The van der Waals surface area contributed by atoms with Gasteiger partial charge in [-0.1, -0.05) is 42.5 Å². The Hall–Kier alpha value is -9.74. The van der Waals surface area contributed by atoms with Crippen molar-refractivity contribution >= 4 is 44.1 Å². The van der Waals surface area contributed by atoms with Crippen molar-refractivity contribution in [1.29, 1.82) is 0 Å². The molecule has 0 bridgehead atoms. The average Bonchev–Trinajstić information content (AvgIpc) is 1.63. The minimum absolute atomic E-state index is 0.190. The van der Waals surface area contributed by atoms with Crippen LogP contribution in [0.25, 0.3) is 44.1 Å². The number of nitrogens with zero attached hydrogens (tertiary/aromatic N) is 9. The zero-order valence-electron chi connectivity index (χ0n) is 61.9. The van der Waals surface area contributed by atoms with E-state index in [9.17, 15) is 49.6 Å². The van der Waals surface area contributed by atoms with Crippen LogP contribution in [0, 0.1) is 39.3 Å². The third kappa shape index (κ3) is 14.2. The van der Waals surface area contributed by atoms with Gasteiger partial charge in [-0.3, -0.25) is 0 Å². The number of ether oxygens (including phenoxy) is 4. The van der Waals surface area contributed by atoms with Crippen LogP contribution >= 0.6 is 0 Å². The molecular formula is C85H93F2N11O12. The van der Waals surface area contributed by atoms with E-state index in [4.69, 9.17) is 18.9 Å². The maximum absolute atomic E-state index is 13.8. The van der Waals surface area contributed by atoms with Crippen molar-refractivity contribution in [2.24, 2.45) is 0 Å². The topological polar surface area (TPSA) is 297 Å². The quantitative estimate of drug-likeness (QED) is 0.0545. The molecule has 10 N–H and O–H groups in total. The van der Waals surface area contributed by atoms with Gasteiger partial charge in [-0.05, 0) is 172 Å². The molecule has 23 nitrogen and oxygen atoms in total. The van der Waals surface area contributed by atoms with Crippen molar-refractivity contribution in [3.8, 4) is 23.0 Å². The van der Waals surface area contributed by atoms with Crippen molar-refractivity contribution < 1.29 is 68.6 Å². The molecule has 0 radical (unpaired) electrons. The number of halogens is 2. The lowest BCUT2D eigenvalue weighted by Crippen LogP contribution is -2.35. The van der Waals surface area contributed by atoms with E-state index in [1.54, 1.807) is 35.6 Å². The van der Waals surface area contributed by atoms with Gasteiger partial charge < -0.3 is 93.6 Å². The molecule has 0 saturated heterocycles. The van der Waals surface area contributed by atoms with Crippen LogP contribution in [0.3, 0.4) is 0 Å². The maximum Gasteiger partial charge on any atom is 0.191 e. The van der Waals surface area contributed by atoms with Gasteiger partial charge in [0.1, 0.15) is 113 Å². The number of hydrogen-bond donors (Lipinski definition) is 10. The van der Waals surface area contributed by atoms with Gasteiger partial charge in [0.05, 0.1) is 24.2 Å². The molecule has 0 unspecified atom stereocenters. The average molecular weight is 1500 g/mol. The Labute approximate surface area is 634 Å². The lowest BCUT2D eigenvalue weighted by Gasteiger charge is -2.28. The van der Waals surface area contributed by atoms with Gasteiger partial charge in [-0.15, -0.1) is 0 Å². The summed E-state index contributed by atoms with van der Waals surface area (Å²) < 4.78 is 59.5. The number of para-hydroxylation sites is 1. The van der Waals surface area contributed by atoms with Gasteiger partial charge in [0, 0.05) is 146 Å². The Kier molecular flexibility index (Phi) is 21.1. The molecule has 11 heterocycles. The summed E-state index contributed by atoms with van der Waals surface area (Å²) >= 11 is 0. The van der Waals surface area contributed by atoms with Crippen LogP contribution in [-0.4, -0.2) is 177 Å². The van der Waals surface area contributed by atoms with Crippen LogP contribution in [0.4, 0.5) is 8.78 Å². The molecule has 0 spiro atoms. The number of aromatic nitrogens is 8. The summed E-state index contributed by atoms with van der Waals surface area (Å²) in [7, 11) is 2.11. The van der Waals surface area contributed by atoms with Crippen molar-refractivity contribution in [3.63, 3.8) is 0 Å². The largest absolute Gasteiger partial charge is 0.487 e. The zero-order valence-corrected chi connectivity index (χ0v) is 61.9. The summed E-state index contributed by atoms with van der Waals surface area (Å²) in [4.78, 5) is 20.1. The highest BCUT2D eigenvalue weighted by Gasteiger charge is 2.49. The molecule has 4 aliphatic carbocycles. The molecule has 0 amide bonds. The minimum atomic E-state index is -1.28. The van der Waals surface area contributed by atoms with Gasteiger partial charge in [-0.25, -0.2) is 28.7 Å². The molecule has 25 heteroatoms. The Balaban J connectivity index is 0.000000111. The van der Waals surface area contributed by atoms with Gasteiger partial charge in [0.25, 0.3) is 0 Å². The number of aryl methyl sites for hydroxylation is 4. The van der Waals surface area contributed by atoms with Crippen molar-refractivity contribution in [3.05, 3.63) is 238 Å². The number of nitrogens with one attached hydrogen (secondary N) is 2. The smallest absolute Gasteiger partial charge is 0.191 e. The number of aliphatic hydroxyl groups is 8. The fourth-order valence-corrected chi connectivity index (χ4v) is 17.3. The Morgan fingerprint density at radius 3 is 1.11 bits per heavy atom. The first-order valence-electron chi connectivity index (χ1n) is 37.9. The lowest BCUT2D eigenvalue weighted by molar-refractivity contribution is -0.0181. The van der Waals surface area contributed by atoms with E-state index in [1.807, 2.05) is 138 Å². The lowest BCUT2D eigenvalue weighted by atomic mass is 9.99. The number of likely N-dealkylation sites (N-methyl/N-ethyl adjacent to an activating group) is 1. The first-order valence-corrected chi connectivity index (χ1v) is 37.9. The molecule has 110 heavy (non-hydrogen) atoms. The monoisotopic (exact) mass is 1500 g/mol. The predicted molar refractivity (Wildman–Crippen MR) is 410 cm³/mol. The second kappa shape index (κ2) is 31.2. The fraction of sp³-hybridized carbons (Fsp3) is 0.388.